The SMILES string of the molecule is Cc1noc(C)c1CN1CCc2c(C(=O)N3CCCC3C(N)=O)csc2C1. The zero-order chi connectivity index (χ0) is 19.1. The maximum atomic E-state index is 13.0. The van der Waals surface area contributed by atoms with E-state index in [1.165, 1.54) is 4.88 Å². The van der Waals surface area contributed by atoms with Gasteiger partial charge in [0.2, 0.25) is 5.91 Å². The van der Waals surface area contributed by atoms with Gasteiger partial charge in [-0.15, -0.1) is 11.3 Å². The van der Waals surface area contributed by atoms with Crippen LogP contribution in [-0.2, 0) is 24.3 Å². The van der Waals surface area contributed by atoms with Crippen LogP contribution in [0.15, 0.2) is 9.90 Å². The van der Waals surface area contributed by atoms with Crippen molar-refractivity contribution in [3.63, 3.8) is 0 Å². The van der Waals surface area contributed by atoms with E-state index in [-0.39, 0.29) is 5.91 Å². The Bertz CT molecular complexity index is 868. The van der Waals surface area contributed by atoms with Crippen LogP contribution in [0.3, 0.4) is 0 Å². The van der Waals surface area contributed by atoms with Gasteiger partial charge in [-0.3, -0.25) is 14.5 Å². The van der Waals surface area contributed by atoms with Gasteiger partial charge in [0.25, 0.3) is 5.91 Å². The van der Waals surface area contributed by atoms with E-state index in [2.05, 4.69) is 10.1 Å². The number of thiophene rings is 1. The predicted molar refractivity (Wildman–Crippen MR) is 101 cm³/mol. The lowest BCUT2D eigenvalue weighted by Gasteiger charge is -2.28. The fraction of sp³-hybridized carbons (Fsp3) is 0.526. The molecule has 1 atom stereocenters. The summed E-state index contributed by atoms with van der Waals surface area (Å²) in [6.45, 7) is 7.02. The van der Waals surface area contributed by atoms with Crippen molar-refractivity contribution in [2.45, 2.75) is 52.2 Å². The van der Waals surface area contributed by atoms with Crippen molar-refractivity contribution >= 4 is 23.2 Å². The van der Waals surface area contributed by atoms with E-state index in [4.69, 9.17) is 10.3 Å². The number of carbonyl (C=O) groups is 2. The predicted octanol–water partition coefficient (Wildman–Crippen LogP) is 2.00. The molecule has 4 heterocycles. The molecule has 2 aliphatic heterocycles. The van der Waals surface area contributed by atoms with Gasteiger partial charge in [-0.25, -0.2) is 0 Å². The van der Waals surface area contributed by atoms with Crippen LogP contribution < -0.4 is 5.73 Å². The van der Waals surface area contributed by atoms with Crippen LogP contribution in [0, 0.1) is 13.8 Å². The molecule has 0 saturated carbocycles. The van der Waals surface area contributed by atoms with Gasteiger partial charge in [0.15, 0.2) is 0 Å². The second-order valence-electron chi connectivity index (χ2n) is 7.37. The number of likely N-dealkylation sites (tertiary alicyclic amines) is 1. The lowest BCUT2D eigenvalue weighted by atomic mass is 10.0. The van der Waals surface area contributed by atoms with Crippen molar-refractivity contribution in [2.24, 2.45) is 5.73 Å². The maximum Gasteiger partial charge on any atom is 0.255 e. The Labute approximate surface area is 162 Å². The summed E-state index contributed by atoms with van der Waals surface area (Å²) >= 11 is 1.63. The summed E-state index contributed by atoms with van der Waals surface area (Å²) in [6, 6.07) is -0.465. The molecule has 1 unspecified atom stereocenters. The van der Waals surface area contributed by atoms with Gasteiger partial charge >= 0.3 is 0 Å². The van der Waals surface area contributed by atoms with Crippen LogP contribution in [0.2, 0.25) is 0 Å². The molecule has 2 aliphatic rings. The lowest BCUT2D eigenvalue weighted by molar-refractivity contribution is -0.121. The second kappa shape index (κ2) is 7.09. The number of carbonyl (C=O) groups excluding carboxylic acids is 2. The Hall–Kier alpha value is -2.19. The van der Waals surface area contributed by atoms with Crippen LogP contribution in [0.1, 0.15) is 50.7 Å². The first-order valence-corrected chi connectivity index (χ1v) is 10.2. The van der Waals surface area contributed by atoms with Crippen LogP contribution in [-0.4, -0.2) is 45.9 Å². The number of aromatic nitrogens is 1. The van der Waals surface area contributed by atoms with Crippen LogP contribution >= 0.6 is 11.3 Å². The molecule has 1 saturated heterocycles. The summed E-state index contributed by atoms with van der Waals surface area (Å²) in [7, 11) is 0. The van der Waals surface area contributed by atoms with E-state index in [9.17, 15) is 9.59 Å². The van der Waals surface area contributed by atoms with Crippen molar-refractivity contribution in [1.29, 1.82) is 0 Å². The molecule has 0 bridgehead atoms. The third kappa shape index (κ3) is 3.27. The van der Waals surface area contributed by atoms with E-state index >= 15 is 0 Å². The zero-order valence-corrected chi connectivity index (χ0v) is 16.5. The van der Waals surface area contributed by atoms with Crippen molar-refractivity contribution in [1.82, 2.24) is 15.0 Å². The highest BCUT2D eigenvalue weighted by molar-refractivity contribution is 7.10. The minimum Gasteiger partial charge on any atom is -0.368 e. The molecular formula is C19H24N4O3S. The normalized spacial score (nSPS) is 20.1. The fourth-order valence-corrected chi connectivity index (χ4v) is 5.22. The van der Waals surface area contributed by atoms with E-state index in [1.54, 1.807) is 16.2 Å². The molecule has 144 valence electrons. The maximum absolute atomic E-state index is 13.0. The van der Waals surface area contributed by atoms with Gasteiger partial charge in [0.1, 0.15) is 11.8 Å². The number of primary amides is 1. The summed E-state index contributed by atoms with van der Waals surface area (Å²) in [4.78, 5) is 29.9. The second-order valence-corrected chi connectivity index (χ2v) is 8.34. The molecule has 2 N–H and O–H groups in total. The molecule has 0 aromatic carbocycles. The number of hydrogen-bond acceptors (Lipinski definition) is 6. The molecule has 7 nitrogen and oxygen atoms in total. The smallest absolute Gasteiger partial charge is 0.255 e. The first-order valence-electron chi connectivity index (χ1n) is 9.29. The van der Waals surface area contributed by atoms with Crippen LogP contribution in [0.25, 0.3) is 0 Å². The van der Waals surface area contributed by atoms with Crippen LogP contribution in [0.4, 0.5) is 0 Å². The van der Waals surface area contributed by atoms with Crippen molar-refractivity contribution < 1.29 is 14.1 Å². The highest BCUT2D eigenvalue weighted by atomic mass is 32.1. The summed E-state index contributed by atoms with van der Waals surface area (Å²) in [5, 5.41) is 5.98. The van der Waals surface area contributed by atoms with Crippen LogP contribution in [0.5, 0.6) is 0 Å². The van der Waals surface area contributed by atoms with Gasteiger partial charge in [0, 0.05) is 42.0 Å². The summed E-state index contributed by atoms with van der Waals surface area (Å²) in [6.07, 6.45) is 2.33. The first kappa shape index (κ1) is 18.2. The van der Waals surface area contributed by atoms with E-state index in [1.807, 2.05) is 19.2 Å². The molecule has 2 aromatic rings. The summed E-state index contributed by atoms with van der Waals surface area (Å²) in [5.74, 6) is 0.412. The molecule has 27 heavy (non-hydrogen) atoms. The Morgan fingerprint density at radius 2 is 2.19 bits per heavy atom. The number of amides is 2. The van der Waals surface area contributed by atoms with Crippen molar-refractivity contribution in [3.8, 4) is 0 Å². The molecule has 4 rings (SSSR count). The van der Waals surface area contributed by atoms with Gasteiger partial charge < -0.3 is 15.2 Å². The highest BCUT2D eigenvalue weighted by Gasteiger charge is 2.35. The largest absolute Gasteiger partial charge is 0.368 e. The average molecular weight is 388 g/mol. The standard InChI is InChI=1S/C19H24N4O3S/c1-11-14(12(2)26-21-11)8-22-7-5-13-15(10-27-17(13)9-22)19(25)23-6-3-4-16(23)18(20)24/h10,16H,3-9H2,1-2H3,(H2,20,24). The highest BCUT2D eigenvalue weighted by Crippen LogP contribution is 2.32. The molecule has 0 aliphatic carbocycles. The minimum atomic E-state index is -0.465. The summed E-state index contributed by atoms with van der Waals surface area (Å²) in [5.41, 5.74) is 9.44. The number of nitrogens with two attached hydrogens (primary N) is 1. The molecule has 0 radical (unpaired) electrons. The van der Waals surface area contributed by atoms with E-state index in [0.717, 1.165) is 60.6 Å². The number of hydrogen-bond donors (Lipinski definition) is 1. The first-order chi connectivity index (χ1) is 13.0. The molecule has 1 fully saturated rings. The molecular weight excluding hydrogens is 364 g/mol. The Morgan fingerprint density at radius 1 is 1.37 bits per heavy atom. The minimum absolute atomic E-state index is 0.0482. The van der Waals surface area contributed by atoms with E-state index < -0.39 is 11.9 Å². The lowest BCUT2D eigenvalue weighted by Crippen LogP contribution is -2.44. The van der Waals surface area contributed by atoms with Crippen molar-refractivity contribution in [2.75, 3.05) is 13.1 Å². The van der Waals surface area contributed by atoms with Gasteiger partial charge in [-0.1, -0.05) is 5.16 Å². The summed E-state index contributed by atoms with van der Waals surface area (Å²) < 4.78 is 5.27. The molecule has 2 aromatic heterocycles. The number of aryl methyl sites for hydroxylation is 2. The Morgan fingerprint density at radius 3 is 2.89 bits per heavy atom. The van der Waals surface area contributed by atoms with Gasteiger partial charge in [-0.2, -0.15) is 0 Å². The quantitative estimate of drug-likeness (QED) is 0.865. The number of nitrogens with zero attached hydrogens (tertiary/aromatic N) is 3. The van der Waals surface area contributed by atoms with Gasteiger partial charge in [0.05, 0.1) is 11.3 Å². The average Bonchev–Trinajstić information content (AvgIpc) is 3.36. The Kier molecular flexibility index (Phi) is 4.77. The fourth-order valence-electron chi connectivity index (χ4n) is 4.11. The van der Waals surface area contributed by atoms with Crippen molar-refractivity contribution in [3.05, 3.63) is 38.4 Å². The monoisotopic (exact) mass is 388 g/mol. The van der Waals surface area contributed by atoms with Gasteiger partial charge in [-0.05, 0) is 38.7 Å². The third-order valence-electron chi connectivity index (χ3n) is 5.66. The molecule has 0 spiro atoms. The number of fused-ring (bicyclic) bond motifs is 1. The topological polar surface area (TPSA) is 92.7 Å². The number of rotatable bonds is 4. The Balaban J connectivity index is 1.50. The zero-order valence-electron chi connectivity index (χ0n) is 15.7. The molecule has 8 heteroatoms. The molecule has 2 amide bonds. The van der Waals surface area contributed by atoms with E-state index in [0.29, 0.717) is 13.0 Å². The third-order valence-corrected chi connectivity index (χ3v) is 6.67.